The summed E-state index contributed by atoms with van der Waals surface area (Å²) in [4.78, 5) is 174. The van der Waals surface area contributed by atoms with E-state index in [9.17, 15) is 67.7 Å². The van der Waals surface area contributed by atoms with Crippen molar-refractivity contribution in [1.82, 2.24) is 51.7 Å². The number of carbonyl (C=O) groups excluding carboxylic acids is 10. The number of carboxylic acid groups (broad SMARTS) is 2. The zero-order valence-corrected chi connectivity index (χ0v) is 50.2. The second-order valence-corrected chi connectivity index (χ2v) is 23.2. The Kier molecular flexibility index (Phi) is 23.4. The molecule has 0 bridgehead atoms. The number of aromatic amines is 2. The summed E-state index contributed by atoms with van der Waals surface area (Å²) in [7, 11) is 0. The minimum absolute atomic E-state index is 0.0577. The maximum absolute atomic E-state index is 14.9. The normalized spacial score (nSPS) is 15.2. The smallest absolute Gasteiger partial charge is 0.305 e. The van der Waals surface area contributed by atoms with Gasteiger partial charge in [-0.15, -0.1) is 0 Å². The highest BCUT2D eigenvalue weighted by Gasteiger charge is 2.43. The zero-order valence-electron chi connectivity index (χ0n) is 50.2. The molecule has 1 fully saturated rings. The molecule has 0 radical (unpaired) electrons. The number of fused-ring (bicyclic) bond motifs is 2. The van der Waals surface area contributed by atoms with Crippen LogP contribution in [-0.2, 0) is 83.2 Å². The van der Waals surface area contributed by atoms with Gasteiger partial charge in [-0.25, -0.2) is 0 Å². The van der Waals surface area contributed by atoms with Gasteiger partial charge in [-0.1, -0.05) is 125 Å². The number of aromatic nitrogens is 2. The molecule has 0 saturated carbocycles. The monoisotopic (exact) mass is 1240 g/mol. The van der Waals surface area contributed by atoms with Crippen LogP contribution in [0.1, 0.15) is 75.6 Å². The van der Waals surface area contributed by atoms with Crippen LogP contribution in [0.4, 0.5) is 0 Å². The summed E-state index contributed by atoms with van der Waals surface area (Å²) in [5.41, 5.74) is 16.0. The van der Waals surface area contributed by atoms with Crippen LogP contribution in [0.5, 0.6) is 0 Å². The summed E-state index contributed by atoms with van der Waals surface area (Å²) in [6.07, 6.45) is 0.798. The van der Waals surface area contributed by atoms with E-state index in [1.165, 1.54) is 0 Å². The van der Waals surface area contributed by atoms with E-state index in [2.05, 4.69) is 41.9 Å². The highest BCUT2D eigenvalue weighted by molar-refractivity contribution is 6.12. The number of aliphatic carboxylic acids is 2. The van der Waals surface area contributed by atoms with E-state index in [0.29, 0.717) is 53.9 Å². The third-order valence-corrected chi connectivity index (χ3v) is 15.1. The van der Waals surface area contributed by atoms with Gasteiger partial charge in [0.1, 0.15) is 49.3 Å². The van der Waals surface area contributed by atoms with Gasteiger partial charge in [0.05, 0.1) is 24.9 Å². The molecule has 4 aromatic carbocycles. The molecule has 8 atom stereocenters. The van der Waals surface area contributed by atoms with Crippen molar-refractivity contribution in [3.63, 3.8) is 0 Å². The number of benzene rings is 4. The summed E-state index contributed by atoms with van der Waals surface area (Å²) < 4.78 is 0. The first-order chi connectivity index (χ1) is 42.8. The van der Waals surface area contributed by atoms with E-state index in [1.54, 1.807) is 149 Å². The van der Waals surface area contributed by atoms with Crippen LogP contribution in [0, 0.1) is 11.8 Å². The lowest BCUT2D eigenvalue weighted by molar-refractivity contribution is -0.163. The van der Waals surface area contributed by atoms with Gasteiger partial charge in [0.2, 0.25) is 47.3 Å². The summed E-state index contributed by atoms with van der Waals surface area (Å²) in [6.45, 7) is 4.89. The number of carbonyl (C=O) groups is 12. The Balaban J connectivity index is 1.12. The van der Waals surface area contributed by atoms with Crippen molar-refractivity contribution in [1.29, 1.82) is 0 Å². The number of H-pyrrole nitrogens is 2. The third kappa shape index (κ3) is 18.5. The molecule has 2 aromatic heterocycles. The Bertz CT molecular complexity index is 3370. The Hall–Kier alpha value is -10.1. The highest BCUT2D eigenvalue weighted by atomic mass is 16.4. The van der Waals surface area contributed by atoms with E-state index >= 15 is 0 Å². The van der Waals surface area contributed by atoms with Crippen LogP contribution < -0.4 is 43.4 Å². The first kappa shape index (κ1) is 67.4. The third-order valence-electron chi connectivity index (χ3n) is 15.1. The standard InChI is InChI=1S/C64H76N12O14/c1-35(2)23-47(71-61(87)49(29-55(79)80)69-57(83)43(65)25-37-15-7-5-8-16-37)59(85)73-51(27-39-31-67-45-21-13-11-19-41(39)45)63(89)75-33-54(78)76(34-53(75)77)64(90)52(28-40-32-68-46-22-14-12-20-42(40)46)74-60(86)48(24-36(3)4)72-62(88)50(30-56(81)82)70-58(84)44(66)26-38-17-9-6-10-18-38/h5-22,31-32,35-36,43-44,47-52,67-68H,23-30,33-34,65-66H2,1-4H3,(H,69,83)(H,70,84)(H,71,87)(H,72,88)(H,73,85)(H,74,86)(H,79,80)(H,81,82)/t43-,44-,47-,48-,49-,50-,51-,52-/m0/s1. The lowest BCUT2D eigenvalue weighted by Crippen LogP contribution is -2.64. The molecule has 90 heavy (non-hydrogen) atoms. The van der Waals surface area contributed by atoms with Crippen LogP contribution in [-0.4, -0.2) is 162 Å². The lowest BCUT2D eigenvalue weighted by atomic mass is 9.99. The number of nitrogens with one attached hydrogen (secondary N) is 8. The quantitative estimate of drug-likeness (QED) is 0.0302. The Labute approximate surface area is 518 Å². The van der Waals surface area contributed by atoms with E-state index in [1.807, 2.05) is 0 Å². The van der Waals surface area contributed by atoms with E-state index in [-0.39, 0.29) is 50.4 Å². The molecule has 0 aliphatic carbocycles. The predicted molar refractivity (Wildman–Crippen MR) is 329 cm³/mol. The number of hydrogen-bond acceptors (Lipinski definition) is 14. The van der Waals surface area contributed by atoms with Crippen molar-refractivity contribution in [3.05, 3.63) is 144 Å². The Morgan fingerprint density at radius 2 is 0.744 bits per heavy atom. The second kappa shape index (κ2) is 31.2. The summed E-state index contributed by atoms with van der Waals surface area (Å²) in [5.74, 6) is -13.5. The summed E-state index contributed by atoms with van der Waals surface area (Å²) in [6, 6.07) is 19.5. The fraction of sp³-hybridized carbons (Fsp3) is 0.375. The van der Waals surface area contributed by atoms with Gasteiger partial charge in [-0.3, -0.25) is 67.3 Å². The number of nitrogens with two attached hydrogens (primary N) is 2. The average Bonchev–Trinajstić information content (AvgIpc) is 1.37. The average molecular weight is 1240 g/mol. The minimum Gasteiger partial charge on any atom is -0.481 e. The van der Waals surface area contributed by atoms with Gasteiger partial charge in [0.25, 0.3) is 11.8 Å². The molecule has 1 aliphatic rings. The fourth-order valence-corrected chi connectivity index (χ4v) is 10.6. The Morgan fingerprint density at radius 1 is 0.433 bits per heavy atom. The lowest BCUT2D eigenvalue weighted by Gasteiger charge is -2.35. The van der Waals surface area contributed by atoms with Crippen molar-refractivity contribution >= 4 is 92.8 Å². The van der Waals surface area contributed by atoms with E-state index < -0.39 is 145 Å². The van der Waals surface area contributed by atoms with Crippen LogP contribution in [0.15, 0.2) is 122 Å². The first-order valence-corrected chi connectivity index (χ1v) is 29.5. The van der Waals surface area contributed by atoms with E-state index in [4.69, 9.17) is 11.5 Å². The second-order valence-electron chi connectivity index (χ2n) is 23.2. The fourth-order valence-electron chi connectivity index (χ4n) is 10.6. The van der Waals surface area contributed by atoms with Crippen molar-refractivity contribution < 1.29 is 67.7 Å². The SMILES string of the molecule is CC(C)C[C@H](NC(=O)[C@H](CC(=O)O)NC(=O)[C@@H](N)Cc1ccccc1)C(=O)N[C@@H](Cc1c[nH]c2ccccc12)C(=O)N1CC(=O)N(C(=O)[C@H](Cc2c[nH]c3ccccc23)NC(=O)[C@H](CC(C)C)NC(=O)[C@H](CC(=O)O)NC(=O)[C@@H](N)Cc2ccccc2)CC1=O. The molecule has 476 valence electrons. The largest absolute Gasteiger partial charge is 0.481 e. The molecular weight excluding hydrogens is 1160 g/mol. The maximum atomic E-state index is 14.9. The number of amides is 10. The first-order valence-electron chi connectivity index (χ1n) is 29.5. The predicted octanol–water partition coefficient (Wildman–Crippen LogP) is 1.25. The molecule has 7 rings (SSSR count). The molecule has 0 unspecified atom stereocenters. The maximum Gasteiger partial charge on any atom is 0.305 e. The molecule has 26 nitrogen and oxygen atoms in total. The van der Waals surface area contributed by atoms with Crippen molar-refractivity contribution in [3.8, 4) is 0 Å². The van der Waals surface area contributed by atoms with Crippen LogP contribution in [0.25, 0.3) is 21.8 Å². The number of nitrogens with zero attached hydrogens (tertiary/aromatic N) is 2. The zero-order chi connectivity index (χ0) is 65.3. The van der Waals surface area contributed by atoms with E-state index in [0.717, 1.165) is 0 Å². The number of para-hydroxylation sites is 2. The van der Waals surface area contributed by atoms with Gasteiger partial charge in [0.15, 0.2) is 0 Å². The number of piperazine rings is 1. The minimum atomic E-state index is -1.71. The van der Waals surface area contributed by atoms with Gasteiger partial charge < -0.3 is 63.5 Å². The van der Waals surface area contributed by atoms with Gasteiger partial charge in [-0.05, 0) is 71.9 Å². The summed E-state index contributed by atoms with van der Waals surface area (Å²) in [5, 5.41) is 36.0. The molecule has 3 heterocycles. The number of carboxylic acids is 2. The molecule has 10 amide bonds. The highest BCUT2D eigenvalue weighted by Crippen LogP contribution is 2.24. The van der Waals surface area contributed by atoms with Crippen LogP contribution in [0.3, 0.4) is 0 Å². The van der Waals surface area contributed by atoms with Gasteiger partial charge >= 0.3 is 11.9 Å². The molecule has 1 aliphatic heterocycles. The molecule has 0 spiro atoms. The van der Waals surface area contributed by atoms with Gasteiger partial charge in [-0.2, -0.15) is 0 Å². The number of hydrogen-bond donors (Lipinski definition) is 12. The molecular formula is C64H76N12O14. The number of rotatable bonds is 30. The molecule has 6 aromatic rings. The van der Waals surface area contributed by atoms with Gasteiger partial charge in [0, 0.05) is 47.0 Å². The van der Waals surface area contributed by atoms with Crippen molar-refractivity contribution in [2.75, 3.05) is 13.1 Å². The topological polar surface area (TPSA) is 408 Å². The van der Waals surface area contributed by atoms with Crippen LogP contribution >= 0.6 is 0 Å². The molecule has 26 heteroatoms. The Morgan fingerprint density at radius 3 is 1.09 bits per heavy atom. The summed E-state index contributed by atoms with van der Waals surface area (Å²) >= 11 is 0. The molecule has 14 N–H and O–H groups in total. The van der Waals surface area contributed by atoms with Crippen molar-refractivity contribution in [2.24, 2.45) is 23.3 Å². The van der Waals surface area contributed by atoms with Crippen LogP contribution in [0.2, 0.25) is 0 Å². The van der Waals surface area contributed by atoms with Crippen molar-refractivity contribution in [2.45, 2.75) is 127 Å². The number of imide groups is 2. The molecule has 1 saturated heterocycles.